The van der Waals surface area contributed by atoms with E-state index in [1.165, 1.54) is 24.8 Å². The number of aliphatic imine (C=N–C) groups is 1. The molecule has 1 rings (SSSR count). The average Bonchev–Trinajstić information content (AvgIpc) is 2.60. The Kier molecular flexibility index (Phi) is 13.1. The van der Waals surface area contributed by atoms with Gasteiger partial charge in [0.05, 0.1) is 6.04 Å². The Balaban J connectivity index is 0.00000625. The number of amides is 1. The van der Waals surface area contributed by atoms with E-state index in [2.05, 4.69) is 48.5 Å². The summed E-state index contributed by atoms with van der Waals surface area (Å²) in [6.07, 6.45) is 4.75. The number of halogens is 1. The summed E-state index contributed by atoms with van der Waals surface area (Å²) in [5.41, 5.74) is 1.19. The van der Waals surface area contributed by atoms with Gasteiger partial charge in [0.15, 0.2) is 5.96 Å². The minimum atomic E-state index is -0.00731. The predicted octanol–water partition coefficient (Wildman–Crippen LogP) is 3.96. The molecule has 0 aliphatic carbocycles. The van der Waals surface area contributed by atoms with Crippen LogP contribution >= 0.6 is 24.0 Å². The van der Waals surface area contributed by atoms with Gasteiger partial charge in [-0.15, -0.1) is 24.0 Å². The molecule has 0 heterocycles. The lowest BCUT2D eigenvalue weighted by Gasteiger charge is -2.22. The third-order valence-electron chi connectivity index (χ3n) is 4.15. The molecule has 148 valence electrons. The first-order chi connectivity index (χ1) is 11.9. The Bertz CT molecular complexity index is 534. The molecule has 26 heavy (non-hydrogen) atoms. The lowest BCUT2D eigenvalue weighted by Crippen LogP contribution is -2.44. The van der Waals surface area contributed by atoms with E-state index in [1.807, 2.05) is 18.2 Å². The molecule has 0 aliphatic rings. The molecule has 0 saturated carbocycles. The second-order valence-corrected chi connectivity index (χ2v) is 6.77. The first kappa shape index (κ1) is 24.7. The molecule has 0 bridgehead atoms. The highest BCUT2D eigenvalue weighted by molar-refractivity contribution is 14.0. The Morgan fingerprint density at radius 1 is 1.12 bits per heavy atom. The van der Waals surface area contributed by atoms with E-state index in [4.69, 9.17) is 0 Å². The van der Waals surface area contributed by atoms with Crippen LogP contribution in [0.3, 0.4) is 0 Å². The smallest absolute Gasteiger partial charge is 0.243 e. The molecule has 5 nitrogen and oxygen atoms in total. The van der Waals surface area contributed by atoms with E-state index >= 15 is 0 Å². The van der Waals surface area contributed by atoms with Crippen LogP contribution in [0.1, 0.15) is 58.1 Å². The molecular weight excluding hydrogens is 439 g/mol. The molecule has 1 aromatic rings. The van der Waals surface area contributed by atoms with Crippen molar-refractivity contribution >= 4 is 35.8 Å². The van der Waals surface area contributed by atoms with Crippen LogP contribution in [-0.2, 0) is 4.79 Å². The van der Waals surface area contributed by atoms with Crippen molar-refractivity contribution in [2.45, 2.75) is 58.5 Å². The number of carbonyl (C=O) groups excluding carboxylic acids is 1. The van der Waals surface area contributed by atoms with Gasteiger partial charge in [-0.25, -0.2) is 4.99 Å². The number of nitrogens with zero attached hydrogens (tertiary/aromatic N) is 2. The van der Waals surface area contributed by atoms with Crippen molar-refractivity contribution in [2.24, 2.45) is 4.99 Å². The van der Waals surface area contributed by atoms with Crippen LogP contribution in [0.5, 0.6) is 0 Å². The largest absolute Gasteiger partial charge is 0.354 e. The number of hydrogen-bond donors (Lipinski definition) is 2. The SMILES string of the molecule is CCCCCC(C)NC(=NCC(=O)N(C)C)NC(C)c1ccccc1.I. The van der Waals surface area contributed by atoms with Gasteiger partial charge in [0.2, 0.25) is 5.91 Å². The maximum Gasteiger partial charge on any atom is 0.243 e. The summed E-state index contributed by atoms with van der Waals surface area (Å²) in [5, 5.41) is 6.86. The molecule has 2 atom stereocenters. The lowest BCUT2D eigenvalue weighted by atomic mass is 10.1. The molecule has 1 amide bonds. The van der Waals surface area contributed by atoms with Gasteiger partial charge in [-0.05, 0) is 25.8 Å². The van der Waals surface area contributed by atoms with Crippen LogP contribution in [-0.4, -0.2) is 43.4 Å². The molecule has 0 radical (unpaired) electrons. The highest BCUT2D eigenvalue weighted by Gasteiger charge is 2.11. The van der Waals surface area contributed by atoms with Gasteiger partial charge < -0.3 is 15.5 Å². The second kappa shape index (κ2) is 13.8. The molecule has 2 N–H and O–H groups in total. The third kappa shape index (κ3) is 9.99. The molecule has 1 aromatic carbocycles. The molecule has 0 aliphatic heterocycles. The molecule has 0 saturated heterocycles. The fourth-order valence-electron chi connectivity index (χ4n) is 2.46. The number of carbonyl (C=O) groups is 1. The van der Waals surface area contributed by atoms with Crippen molar-refractivity contribution in [3.8, 4) is 0 Å². The maximum atomic E-state index is 11.9. The van der Waals surface area contributed by atoms with E-state index in [9.17, 15) is 4.79 Å². The molecule has 2 unspecified atom stereocenters. The maximum absolute atomic E-state index is 11.9. The van der Waals surface area contributed by atoms with Gasteiger partial charge in [-0.2, -0.15) is 0 Å². The fourth-order valence-corrected chi connectivity index (χ4v) is 2.46. The van der Waals surface area contributed by atoms with Crippen molar-refractivity contribution in [1.29, 1.82) is 0 Å². The highest BCUT2D eigenvalue weighted by Crippen LogP contribution is 2.11. The number of hydrogen-bond acceptors (Lipinski definition) is 2. The lowest BCUT2D eigenvalue weighted by molar-refractivity contribution is -0.127. The quantitative estimate of drug-likeness (QED) is 0.247. The molecule has 0 spiro atoms. The number of benzene rings is 1. The Hall–Kier alpha value is -1.31. The number of guanidine groups is 1. The summed E-state index contributed by atoms with van der Waals surface area (Å²) in [7, 11) is 3.50. The normalized spacial score (nSPS) is 13.3. The predicted molar refractivity (Wildman–Crippen MR) is 121 cm³/mol. The second-order valence-electron chi connectivity index (χ2n) is 6.77. The van der Waals surface area contributed by atoms with E-state index in [0.717, 1.165) is 6.42 Å². The van der Waals surface area contributed by atoms with Crippen molar-refractivity contribution in [3.63, 3.8) is 0 Å². The highest BCUT2D eigenvalue weighted by atomic mass is 127. The van der Waals surface area contributed by atoms with Crippen molar-refractivity contribution in [2.75, 3.05) is 20.6 Å². The Morgan fingerprint density at radius 3 is 2.35 bits per heavy atom. The summed E-state index contributed by atoms with van der Waals surface area (Å²) < 4.78 is 0. The minimum Gasteiger partial charge on any atom is -0.354 e. The van der Waals surface area contributed by atoms with Crippen LogP contribution in [0.4, 0.5) is 0 Å². The van der Waals surface area contributed by atoms with Crippen LogP contribution < -0.4 is 10.6 Å². The monoisotopic (exact) mass is 474 g/mol. The topological polar surface area (TPSA) is 56.7 Å². The number of likely N-dealkylation sites (N-methyl/N-ethyl adjacent to an activating group) is 1. The van der Waals surface area contributed by atoms with Crippen molar-refractivity contribution in [1.82, 2.24) is 15.5 Å². The van der Waals surface area contributed by atoms with Crippen LogP contribution in [0.2, 0.25) is 0 Å². The van der Waals surface area contributed by atoms with Crippen molar-refractivity contribution < 1.29 is 4.79 Å². The Morgan fingerprint density at radius 2 is 1.77 bits per heavy atom. The fraction of sp³-hybridized carbons (Fsp3) is 0.600. The van der Waals surface area contributed by atoms with Gasteiger partial charge in [0.25, 0.3) is 0 Å². The molecule has 0 fully saturated rings. The van der Waals surface area contributed by atoms with Gasteiger partial charge in [-0.1, -0.05) is 56.5 Å². The standard InChI is InChI=1S/C20H34N4O.HI/c1-6-7-9-12-16(2)22-20(21-15-19(25)24(4)5)23-17(3)18-13-10-8-11-14-18;/h8,10-11,13-14,16-17H,6-7,9,12,15H2,1-5H3,(H2,21,22,23);1H. The van der Waals surface area contributed by atoms with Crippen LogP contribution in [0, 0.1) is 0 Å². The first-order valence-corrected chi connectivity index (χ1v) is 9.26. The molecular formula is C20H35IN4O. The van der Waals surface area contributed by atoms with E-state index < -0.39 is 0 Å². The first-order valence-electron chi connectivity index (χ1n) is 9.26. The van der Waals surface area contributed by atoms with E-state index in [-0.39, 0.29) is 42.5 Å². The van der Waals surface area contributed by atoms with Crippen LogP contribution in [0.15, 0.2) is 35.3 Å². The zero-order chi connectivity index (χ0) is 18.7. The van der Waals surface area contributed by atoms with Crippen LogP contribution in [0.25, 0.3) is 0 Å². The van der Waals surface area contributed by atoms with Gasteiger partial charge in [0.1, 0.15) is 6.54 Å². The van der Waals surface area contributed by atoms with Gasteiger partial charge >= 0.3 is 0 Å². The zero-order valence-electron chi connectivity index (χ0n) is 16.8. The van der Waals surface area contributed by atoms with Crippen molar-refractivity contribution in [3.05, 3.63) is 35.9 Å². The summed E-state index contributed by atoms with van der Waals surface area (Å²) >= 11 is 0. The zero-order valence-corrected chi connectivity index (χ0v) is 19.1. The van der Waals surface area contributed by atoms with Gasteiger partial charge in [0, 0.05) is 20.1 Å². The molecule has 0 aromatic heterocycles. The Labute approximate surface area is 176 Å². The number of rotatable bonds is 9. The molecule has 6 heteroatoms. The summed E-state index contributed by atoms with van der Waals surface area (Å²) in [6.45, 7) is 6.61. The minimum absolute atomic E-state index is 0. The summed E-state index contributed by atoms with van der Waals surface area (Å²) in [6, 6.07) is 10.7. The van der Waals surface area contributed by atoms with Gasteiger partial charge in [-0.3, -0.25) is 4.79 Å². The third-order valence-corrected chi connectivity index (χ3v) is 4.15. The summed E-state index contributed by atoms with van der Waals surface area (Å²) in [4.78, 5) is 17.9. The van der Waals surface area contributed by atoms with E-state index in [1.54, 1.807) is 19.0 Å². The van der Waals surface area contributed by atoms with E-state index in [0.29, 0.717) is 12.0 Å². The average molecular weight is 474 g/mol. The number of unbranched alkanes of at least 4 members (excludes halogenated alkanes) is 2. The number of nitrogens with one attached hydrogen (secondary N) is 2. The summed E-state index contributed by atoms with van der Waals surface area (Å²) in [5.74, 6) is 0.683.